The maximum absolute atomic E-state index is 14.5. The van der Waals surface area contributed by atoms with Crippen LogP contribution in [0.25, 0.3) is 5.57 Å². The number of carbonyl (C=O) groups is 1. The number of carboxylic acids is 1. The molecule has 1 aliphatic rings. The van der Waals surface area contributed by atoms with E-state index in [0.29, 0.717) is 24.0 Å². The number of aromatic carboxylic acids is 1. The summed E-state index contributed by atoms with van der Waals surface area (Å²) in [5.41, 5.74) is 2.66. The van der Waals surface area contributed by atoms with E-state index in [0.717, 1.165) is 23.3 Å². The molecule has 0 heterocycles. The minimum atomic E-state index is -1.07. The lowest BCUT2D eigenvalue weighted by atomic mass is 9.81. The van der Waals surface area contributed by atoms with Gasteiger partial charge in [-0.2, -0.15) is 0 Å². The third-order valence-corrected chi connectivity index (χ3v) is 4.32. The fraction of sp³-hybridized carbons (Fsp3) is 0.211. The number of allylic oxidation sites excluding steroid dienone is 1. The summed E-state index contributed by atoms with van der Waals surface area (Å²) >= 11 is 0. The third-order valence-electron chi connectivity index (χ3n) is 4.32. The van der Waals surface area contributed by atoms with E-state index in [9.17, 15) is 18.7 Å². The summed E-state index contributed by atoms with van der Waals surface area (Å²) in [7, 11) is 1.34. The largest absolute Gasteiger partial charge is 0.497 e. The van der Waals surface area contributed by atoms with Crippen LogP contribution in [0.15, 0.2) is 35.9 Å². The van der Waals surface area contributed by atoms with Crippen molar-refractivity contribution in [2.75, 3.05) is 7.11 Å². The lowest BCUT2D eigenvalue weighted by Gasteiger charge is -2.23. The molecule has 124 valence electrons. The first-order valence-electron chi connectivity index (χ1n) is 7.52. The topological polar surface area (TPSA) is 46.5 Å². The van der Waals surface area contributed by atoms with Crippen LogP contribution in [-0.2, 0) is 6.42 Å². The van der Waals surface area contributed by atoms with Crippen molar-refractivity contribution in [2.45, 2.75) is 19.8 Å². The third kappa shape index (κ3) is 2.66. The van der Waals surface area contributed by atoms with Crippen LogP contribution in [0.5, 0.6) is 5.75 Å². The highest BCUT2D eigenvalue weighted by molar-refractivity contribution is 5.92. The van der Waals surface area contributed by atoms with Crippen LogP contribution in [0.2, 0.25) is 0 Å². The Balaban J connectivity index is 2.26. The van der Waals surface area contributed by atoms with Gasteiger partial charge in [-0.15, -0.1) is 0 Å². The van der Waals surface area contributed by atoms with Gasteiger partial charge >= 0.3 is 5.97 Å². The molecule has 0 saturated carbocycles. The second kappa shape index (κ2) is 6.07. The Morgan fingerprint density at radius 2 is 1.79 bits per heavy atom. The van der Waals surface area contributed by atoms with Gasteiger partial charge in [-0.25, -0.2) is 13.6 Å². The number of ether oxygens (including phenoxy) is 1. The predicted octanol–water partition coefficient (Wildman–Crippen LogP) is 4.44. The van der Waals surface area contributed by atoms with Crippen molar-refractivity contribution in [1.29, 1.82) is 0 Å². The molecule has 0 aliphatic heterocycles. The zero-order chi connectivity index (χ0) is 17.4. The summed E-state index contributed by atoms with van der Waals surface area (Å²) < 4.78 is 34.0. The fourth-order valence-electron chi connectivity index (χ4n) is 3.09. The molecule has 0 radical (unpaired) electrons. The quantitative estimate of drug-likeness (QED) is 0.905. The molecule has 0 unspecified atom stereocenters. The Labute approximate surface area is 138 Å². The van der Waals surface area contributed by atoms with Crippen molar-refractivity contribution in [3.63, 3.8) is 0 Å². The molecular formula is C19H16F2O3. The van der Waals surface area contributed by atoms with Gasteiger partial charge in [-0.05, 0) is 48.6 Å². The second-order valence-corrected chi connectivity index (χ2v) is 5.80. The first-order valence-corrected chi connectivity index (χ1v) is 7.52. The Bertz CT molecular complexity index is 846. The van der Waals surface area contributed by atoms with Crippen molar-refractivity contribution in [3.05, 3.63) is 69.8 Å². The lowest BCUT2D eigenvalue weighted by Crippen LogP contribution is -2.10. The highest BCUT2D eigenvalue weighted by Crippen LogP contribution is 2.39. The smallest absolute Gasteiger partial charge is 0.335 e. The number of carboxylic acid groups (broad SMARTS) is 1. The molecule has 1 N–H and O–H groups in total. The minimum Gasteiger partial charge on any atom is -0.497 e. The lowest BCUT2D eigenvalue weighted by molar-refractivity contribution is 0.0697. The van der Waals surface area contributed by atoms with Gasteiger partial charge in [0.25, 0.3) is 0 Å². The SMILES string of the molecule is COc1cc(F)c(C2=C(C)CCc3ccc(C(=O)O)cc32)c(F)c1. The van der Waals surface area contributed by atoms with E-state index in [1.165, 1.54) is 19.2 Å². The Kier molecular flexibility index (Phi) is 4.09. The van der Waals surface area contributed by atoms with E-state index in [1.807, 2.05) is 6.92 Å². The van der Waals surface area contributed by atoms with E-state index in [-0.39, 0.29) is 16.9 Å². The summed E-state index contributed by atoms with van der Waals surface area (Å²) in [5.74, 6) is -2.43. The van der Waals surface area contributed by atoms with E-state index in [1.54, 1.807) is 6.07 Å². The molecule has 24 heavy (non-hydrogen) atoms. The van der Waals surface area contributed by atoms with Gasteiger partial charge in [-0.3, -0.25) is 0 Å². The number of hydrogen-bond acceptors (Lipinski definition) is 2. The van der Waals surface area contributed by atoms with Gasteiger partial charge in [0, 0.05) is 12.1 Å². The molecule has 0 saturated heterocycles. The first kappa shape index (κ1) is 16.2. The van der Waals surface area contributed by atoms with Crippen LogP contribution in [0.3, 0.4) is 0 Å². The number of hydrogen-bond donors (Lipinski definition) is 1. The number of benzene rings is 2. The average molecular weight is 330 g/mol. The zero-order valence-corrected chi connectivity index (χ0v) is 13.3. The van der Waals surface area contributed by atoms with E-state index >= 15 is 0 Å². The molecule has 2 aromatic rings. The number of halogens is 2. The molecule has 0 spiro atoms. The number of fused-ring (bicyclic) bond motifs is 1. The van der Waals surface area contributed by atoms with Crippen LogP contribution < -0.4 is 4.74 Å². The summed E-state index contributed by atoms with van der Waals surface area (Å²) in [4.78, 5) is 11.2. The number of methoxy groups -OCH3 is 1. The molecule has 0 aromatic heterocycles. The van der Waals surface area contributed by atoms with Crippen molar-refractivity contribution >= 4 is 11.5 Å². The Hall–Kier alpha value is -2.69. The maximum Gasteiger partial charge on any atom is 0.335 e. The molecule has 3 nitrogen and oxygen atoms in total. The average Bonchev–Trinajstić information content (AvgIpc) is 2.55. The molecule has 3 rings (SSSR count). The zero-order valence-electron chi connectivity index (χ0n) is 13.3. The van der Waals surface area contributed by atoms with Gasteiger partial charge in [0.05, 0.1) is 18.2 Å². The van der Waals surface area contributed by atoms with Gasteiger partial charge in [0.15, 0.2) is 0 Å². The first-order chi connectivity index (χ1) is 11.4. The number of aryl methyl sites for hydroxylation is 1. The van der Waals surface area contributed by atoms with Crippen LogP contribution in [0.4, 0.5) is 8.78 Å². The highest BCUT2D eigenvalue weighted by Gasteiger charge is 2.25. The number of rotatable bonds is 3. The van der Waals surface area contributed by atoms with Crippen molar-refractivity contribution in [2.24, 2.45) is 0 Å². The maximum atomic E-state index is 14.5. The second-order valence-electron chi connectivity index (χ2n) is 5.80. The molecule has 0 bridgehead atoms. The van der Waals surface area contributed by atoms with Gasteiger partial charge in [-0.1, -0.05) is 11.6 Å². The van der Waals surface area contributed by atoms with Crippen molar-refractivity contribution in [3.8, 4) is 5.75 Å². The van der Waals surface area contributed by atoms with Crippen molar-refractivity contribution in [1.82, 2.24) is 0 Å². The van der Waals surface area contributed by atoms with Crippen molar-refractivity contribution < 1.29 is 23.4 Å². The molecule has 0 atom stereocenters. The Morgan fingerprint density at radius 3 is 2.38 bits per heavy atom. The normalized spacial score (nSPS) is 13.7. The Morgan fingerprint density at radius 1 is 1.12 bits per heavy atom. The molecule has 5 heteroatoms. The van der Waals surface area contributed by atoms with Crippen LogP contribution in [0.1, 0.15) is 40.4 Å². The molecule has 1 aliphatic carbocycles. The molecule has 0 fully saturated rings. The summed E-state index contributed by atoms with van der Waals surface area (Å²) in [5, 5.41) is 9.21. The fourth-order valence-corrected chi connectivity index (χ4v) is 3.09. The highest BCUT2D eigenvalue weighted by atomic mass is 19.1. The standard InChI is InChI=1S/C19H16F2O3/c1-10-3-4-11-5-6-12(19(22)23)7-14(11)17(10)18-15(20)8-13(24-2)9-16(18)21/h5-9H,3-4H2,1-2H3,(H,22,23). The van der Waals surface area contributed by atoms with Crippen LogP contribution in [-0.4, -0.2) is 18.2 Å². The van der Waals surface area contributed by atoms with E-state index in [4.69, 9.17) is 4.74 Å². The summed E-state index contributed by atoms with van der Waals surface area (Å²) in [6, 6.07) is 6.98. The van der Waals surface area contributed by atoms with Gasteiger partial charge in [0.1, 0.15) is 17.4 Å². The predicted molar refractivity (Wildman–Crippen MR) is 86.3 cm³/mol. The minimum absolute atomic E-state index is 0.0929. The molecule has 0 amide bonds. The van der Waals surface area contributed by atoms with Crippen LogP contribution in [0, 0.1) is 11.6 Å². The van der Waals surface area contributed by atoms with Crippen LogP contribution >= 0.6 is 0 Å². The summed E-state index contributed by atoms with van der Waals surface area (Å²) in [6.07, 6.45) is 1.38. The monoisotopic (exact) mass is 330 g/mol. The summed E-state index contributed by atoms with van der Waals surface area (Å²) in [6.45, 7) is 1.81. The molecular weight excluding hydrogens is 314 g/mol. The van der Waals surface area contributed by atoms with Gasteiger partial charge in [0.2, 0.25) is 0 Å². The van der Waals surface area contributed by atoms with E-state index in [2.05, 4.69) is 0 Å². The van der Waals surface area contributed by atoms with Gasteiger partial charge < -0.3 is 9.84 Å². The van der Waals surface area contributed by atoms with E-state index < -0.39 is 17.6 Å². The molecule has 2 aromatic carbocycles.